The predicted octanol–water partition coefficient (Wildman–Crippen LogP) is 3.47. The summed E-state index contributed by atoms with van der Waals surface area (Å²) in [5.41, 5.74) is 10.2. The molecule has 1 amide bonds. The molecule has 0 fully saturated rings. The number of carbonyl (C=O) groups is 2. The van der Waals surface area contributed by atoms with E-state index in [1.54, 1.807) is 67.6 Å². The molecule has 0 aliphatic carbocycles. The van der Waals surface area contributed by atoms with Crippen molar-refractivity contribution in [2.24, 2.45) is 5.10 Å². The topological polar surface area (TPSA) is 107 Å². The molecule has 142 valence electrons. The first-order valence-electron chi connectivity index (χ1n) is 8.63. The molecule has 0 unspecified atom stereocenters. The first kappa shape index (κ1) is 18.9. The maximum atomic E-state index is 12.0. The number of hydrogen-bond acceptors (Lipinski definition) is 6. The first-order chi connectivity index (χ1) is 13.6. The van der Waals surface area contributed by atoms with Gasteiger partial charge in [-0.3, -0.25) is 4.79 Å². The van der Waals surface area contributed by atoms with Gasteiger partial charge in [0.2, 0.25) is 0 Å². The summed E-state index contributed by atoms with van der Waals surface area (Å²) in [6.45, 7) is 2.09. The zero-order chi connectivity index (χ0) is 19.9. The van der Waals surface area contributed by atoms with Crippen molar-refractivity contribution in [3.8, 4) is 11.3 Å². The molecule has 3 aromatic rings. The van der Waals surface area contributed by atoms with Crippen LogP contribution in [-0.4, -0.2) is 24.7 Å². The molecule has 0 saturated heterocycles. The van der Waals surface area contributed by atoms with Crippen LogP contribution in [0, 0.1) is 0 Å². The van der Waals surface area contributed by atoms with E-state index in [9.17, 15) is 9.59 Å². The van der Waals surface area contributed by atoms with Crippen molar-refractivity contribution in [1.29, 1.82) is 0 Å². The van der Waals surface area contributed by atoms with Crippen LogP contribution in [0.3, 0.4) is 0 Å². The summed E-state index contributed by atoms with van der Waals surface area (Å²) < 4.78 is 10.6. The maximum Gasteiger partial charge on any atom is 0.338 e. The molecule has 0 spiro atoms. The smallest absolute Gasteiger partial charge is 0.338 e. The normalized spacial score (nSPS) is 10.8. The zero-order valence-electron chi connectivity index (χ0n) is 15.2. The van der Waals surface area contributed by atoms with E-state index in [1.165, 1.54) is 6.21 Å². The van der Waals surface area contributed by atoms with E-state index in [0.29, 0.717) is 34.9 Å². The van der Waals surface area contributed by atoms with Gasteiger partial charge in [-0.1, -0.05) is 24.3 Å². The van der Waals surface area contributed by atoms with E-state index in [-0.39, 0.29) is 5.97 Å². The van der Waals surface area contributed by atoms with Gasteiger partial charge in [0, 0.05) is 11.3 Å². The van der Waals surface area contributed by atoms with Crippen LogP contribution in [0.1, 0.15) is 33.4 Å². The number of nitrogen functional groups attached to an aromatic ring is 1. The number of nitrogens with two attached hydrogens (primary N) is 1. The average Bonchev–Trinajstić information content (AvgIpc) is 3.17. The van der Waals surface area contributed by atoms with E-state index < -0.39 is 5.91 Å². The molecule has 0 radical (unpaired) electrons. The minimum Gasteiger partial charge on any atom is -0.462 e. The highest BCUT2D eigenvalue weighted by Gasteiger charge is 2.09. The number of furan rings is 1. The monoisotopic (exact) mass is 377 g/mol. The van der Waals surface area contributed by atoms with E-state index >= 15 is 0 Å². The summed E-state index contributed by atoms with van der Waals surface area (Å²) in [5, 5.41) is 3.89. The van der Waals surface area contributed by atoms with Crippen molar-refractivity contribution >= 4 is 23.8 Å². The number of hydrazone groups is 1. The van der Waals surface area contributed by atoms with E-state index in [2.05, 4.69) is 10.5 Å². The summed E-state index contributed by atoms with van der Waals surface area (Å²) in [6, 6.07) is 17.1. The number of ether oxygens (including phenoxy) is 1. The number of benzene rings is 2. The molecule has 0 atom stereocenters. The molecule has 3 rings (SSSR count). The highest BCUT2D eigenvalue weighted by molar-refractivity contribution is 5.99. The second-order valence-electron chi connectivity index (χ2n) is 5.79. The fourth-order valence-corrected chi connectivity index (χ4v) is 2.48. The second kappa shape index (κ2) is 8.68. The predicted molar refractivity (Wildman–Crippen MR) is 106 cm³/mol. The van der Waals surface area contributed by atoms with Crippen LogP contribution >= 0.6 is 0 Å². The van der Waals surface area contributed by atoms with Crippen molar-refractivity contribution in [3.63, 3.8) is 0 Å². The third kappa shape index (κ3) is 4.45. The Balaban J connectivity index is 1.64. The summed E-state index contributed by atoms with van der Waals surface area (Å²) in [5.74, 6) is 0.299. The summed E-state index contributed by atoms with van der Waals surface area (Å²) >= 11 is 0. The minimum absolute atomic E-state index is 0.328. The van der Waals surface area contributed by atoms with Crippen LogP contribution in [-0.2, 0) is 4.74 Å². The van der Waals surface area contributed by atoms with Crippen LogP contribution in [0.15, 0.2) is 70.2 Å². The molecule has 28 heavy (non-hydrogen) atoms. The Kier molecular flexibility index (Phi) is 5.86. The Morgan fingerprint density at radius 2 is 1.86 bits per heavy atom. The number of esters is 1. The van der Waals surface area contributed by atoms with Gasteiger partial charge in [-0.05, 0) is 43.3 Å². The molecule has 1 heterocycles. The van der Waals surface area contributed by atoms with Crippen molar-refractivity contribution in [3.05, 3.63) is 77.6 Å². The van der Waals surface area contributed by atoms with Crippen LogP contribution in [0.25, 0.3) is 11.3 Å². The first-order valence-corrected chi connectivity index (χ1v) is 8.63. The highest BCUT2D eigenvalue weighted by atomic mass is 16.5. The van der Waals surface area contributed by atoms with Crippen molar-refractivity contribution in [2.45, 2.75) is 6.92 Å². The van der Waals surface area contributed by atoms with Gasteiger partial charge in [0.1, 0.15) is 11.5 Å². The van der Waals surface area contributed by atoms with Gasteiger partial charge in [0.05, 0.1) is 23.9 Å². The van der Waals surface area contributed by atoms with Crippen LogP contribution in [0.4, 0.5) is 5.69 Å². The standard InChI is InChI=1S/C21H19N3O4/c1-2-27-21(26)15-9-7-14(8-10-15)19-12-11-16(28-19)13-23-24-20(25)17-5-3-4-6-18(17)22/h3-13H,2,22H2,1H3,(H,24,25)/b23-13+. The van der Waals surface area contributed by atoms with Crippen molar-refractivity contribution in [1.82, 2.24) is 5.43 Å². The van der Waals surface area contributed by atoms with Gasteiger partial charge in [0.15, 0.2) is 0 Å². The molecule has 1 aromatic heterocycles. The highest BCUT2D eigenvalue weighted by Crippen LogP contribution is 2.22. The SMILES string of the molecule is CCOC(=O)c1ccc(-c2ccc(/C=N/NC(=O)c3ccccc3N)o2)cc1. The molecule has 3 N–H and O–H groups in total. The fourth-order valence-electron chi connectivity index (χ4n) is 2.48. The molecule has 0 bridgehead atoms. The number of rotatable bonds is 6. The number of carbonyl (C=O) groups excluding carboxylic acids is 2. The third-order valence-corrected chi connectivity index (χ3v) is 3.87. The number of nitrogens with zero attached hydrogens (tertiary/aromatic N) is 1. The molecule has 7 heteroatoms. The quantitative estimate of drug-likeness (QED) is 0.296. The van der Waals surface area contributed by atoms with Gasteiger partial charge < -0.3 is 14.9 Å². The number of anilines is 1. The van der Waals surface area contributed by atoms with Gasteiger partial charge in [-0.2, -0.15) is 5.10 Å². The molecule has 7 nitrogen and oxygen atoms in total. The van der Waals surface area contributed by atoms with Gasteiger partial charge >= 0.3 is 5.97 Å². The fraction of sp³-hybridized carbons (Fsp3) is 0.0952. The Bertz CT molecular complexity index is 1010. The number of hydrogen-bond donors (Lipinski definition) is 2. The lowest BCUT2D eigenvalue weighted by molar-refractivity contribution is 0.0526. The number of amides is 1. The van der Waals surface area contributed by atoms with Gasteiger partial charge in [-0.25, -0.2) is 10.2 Å². The lowest BCUT2D eigenvalue weighted by atomic mass is 10.1. The molecular formula is C21H19N3O4. The number of para-hydroxylation sites is 1. The minimum atomic E-state index is -0.407. The van der Waals surface area contributed by atoms with Gasteiger partial charge in [-0.15, -0.1) is 0 Å². The molecular weight excluding hydrogens is 358 g/mol. The van der Waals surface area contributed by atoms with E-state index in [4.69, 9.17) is 14.9 Å². The Labute approximate surface area is 161 Å². The average molecular weight is 377 g/mol. The number of nitrogens with one attached hydrogen (secondary N) is 1. The van der Waals surface area contributed by atoms with Crippen molar-refractivity contribution in [2.75, 3.05) is 12.3 Å². The van der Waals surface area contributed by atoms with Crippen LogP contribution in [0.5, 0.6) is 0 Å². The Hall–Kier alpha value is -3.87. The largest absolute Gasteiger partial charge is 0.462 e. The molecule has 0 saturated carbocycles. The summed E-state index contributed by atoms with van der Waals surface area (Å²) in [6.07, 6.45) is 1.40. The van der Waals surface area contributed by atoms with E-state index in [0.717, 1.165) is 5.56 Å². The molecule has 2 aromatic carbocycles. The third-order valence-electron chi connectivity index (χ3n) is 3.87. The Morgan fingerprint density at radius 1 is 1.11 bits per heavy atom. The zero-order valence-corrected chi connectivity index (χ0v) is 15.2. The molecule has 0 aliphatic heterocycles. The second-order valence-corrected chi connectivity index (χ2v) is 5.79. The summed E-state index contributed by atoms with van der Waals surface area (Å²) in [7, 11) is 0. The van der Waals surface area contributed by atoms with E-state index in [1.807, 2.05) is 0 Å². The van der Waals surface area contributed by atoms with Gasteiger partial charge in [0.25, 0.3) is 5.91 Å². The van der Waals surface area contributed by atoms with Crippen LogP contribution < -0.4 is 11.2 Å². The Morgan fingerprint density at radius 3 is 2.57 bits per heavy atom. The lowest BCUT2D eigenvalue weighted by Gasteiger charge is -2.03. The van der Waals surface area contributed by atoms with Crippen molar-refractivity contribution < 1.29 is 18.7 Å². The summed E-state index contributed by atoms with van der Waals surface area (Å²) in [4.78, 5) is 23.7. The lowest BCUT2D eigenvalue weighted by Crippen LogP contribution is -2.18. The molecule has 0 aliphatic rings. The maximum absolute atomic E-state index is 12.0. The van der Waals surface area contributed by atoms with Crippen LogP contribution in [0.2, 0.25) is 0 Å².